The molecule has 1 heterocycles. The second kappa shape index (κ2) is 3.72. The maximum absolute atomic E-state index is 4.57. The van der Waals surface area contributed by atoms with E-state index < -0.39 is 0 Å². The molecule has 2 rings (SSSR count). The van der Waals surface area contributed by atoms with E-state index in [9.17, 15) is 0 Å². The van der Waals surface area contributed by atoms with Gasteiger partial charge in [-0.05, 0) is 36.3 Å². The van der Waals surface area contributed by atoms with Crippen LogP contribution in [0.2, 0.25) is 0 Å². The average Bonchev–Trinajstić information content (AvgIpc) is 2.18. The molecule has 0 amide bonds. The van der Waals surface area contributed by atoms with E-state index in [2.05, 4.69) is 37.9 Å². The fourth-order valence-corrected chi connectivity index (χ4v) is 2.53. The Bertz CT molecular complexity index is 317. The van der Waals surface area contributed by atoms with Gasteiger partial charge in [-0.1, -0.05) is 26.8 Å². The van der Waals surface area contributed by atoms with Crippen molar-refractivity contribution in [3.05, 3.63) is 29.6 Å². The van der Waals surface area contributed by atoms with E-state index in [-0.39, 0.29) is 0 Å². The molecule has 2 atom stereocenters. The van der Waals surface area contributed by atoms with Gasteiger partial charge >= 0.3 is 0 Å². The van der Waals surface area contributed by atoms with Crippen molar-refractivity contribution in [3.8, 4) is 0 Å². The lowest BCUT2D eigenvalue weighted by Crippen LogP contribution is -2.18. The van der Waals surface area contributed by atoms with Crippen LogP contribution in [0.1, 0.15) is 56.7 Å². The quantitative estimate of drug-likeness (QED) is 0.656. The predicted molar refractivity (Wildman–Crippen MR) is 59.5 cm³/mol. The Morgan fingerprint density at radius 1 is 1.36 bits per heavy atom. The SMILES string of the molecule is CC1CCC(C(C)C)c2ncccc21. The highest BCUT2D eigenvalue weighted by Gasteiger charge is 2.27. The molecule has 0 fully saturated rings. The molecular weight excluding hydrogens is 170 g/mol. The summed E-state index contributed by atoms with van der Waals surface area (Å²) in [7, 11) is 0. The Labute approximate surface area is 86.6 Å². The van der Waals surface area contributed by atoms with Crippen molar-refractivity contribution in [2.75, 3.05) is 0 Å². The molecule has 0 saturated heterocycles. The van der Waals surface area contributed by atoms with Crippen LogP contribution in [0.4, 0.5) is 0 Å². The van der Waals surface area contributed by atoms with Crippen LogP contribution in [0.15, 0.2) is 18.3 Å². The van der Waals surface area contributed by atoms with Crippen LogP contribution in [0.25, 0.3) is 0 Å². The fraction of sp³-hybridized carbons (Fsp3) is 0.615. The number of hydrogen-bond donors (Lipinski definition) is 0. The summed E-state index contributed by atoms with van der Waals surface area (Å²) >= 11 is 0. The highest BCUT2D eigenvalue weighted by molar-refractivity contribution is 5.29. The second-order valence-corrected chi connectivity index (χ2v) is 4.81. The Morgan fingerprint density at radius 2 is 2.14 bits per heavy atom. The molecule has 0 spiro atoms. The molecule has 1 aliphatic carbocycles. The molecule has 14 heavy (non-hydrogen) atoms. The van der Waals surface area contributed by atoms with Crippen LogP contribution >= 0.6 is 0 Å². The van der Waals surface area contributed by atoms with Crippen molar-refractivity contribution < 1.29 is 0 Å². The minimum Gasteiger partial charge on any atom is -0.261 e. The van der Waals surface area contributed by atoms with Crippen molar-refractivity contribution in [1.82, 2.24) is 4.98 Å². The summed E-state index contributed by atoms with van der Waals surface area (Å²) in [5.74, 6) is 2.10. The first kappa shape index (κ1) is 9.70. The highest BCUT2D eigenvalue weighted by atomic mass is 14.7. The number of fused-ring (bicyclic) bond motifs is 1. The van der Waals surface area contributed by atoms with Gasteiger partial charge in [0.05, 0.1) is 0 Å². The Balaban J connectivity index is 2.41. The monoisotopic (exact) mass is 189 g/mol. The van der Waals surface area contributed by atoms with E-state index in [1.165, 1.54) is 24.1 Å². The molecule has 1 heteroatoms. The molecule has 1 aliphatic rings. The zero-order chi connectivity index (χ0) is 10.1. The van der Waals surface area contributed by atoms with E-state index in [0.29, 0.717) is 11.8 Å². The van der Waals surface area contributed by atoms with E-state index in [0.717, 1.165) is 5.92 Å². The smallest absolute Gasteiger partial charge is 0.0471 e. The second-order valence-electron chi connectivity index (χ2n) is 4.81. The zero-order valence-electron chi connectivity index (χ0n) is 9.33. The molecule has 0 N–H and O–H groups in total. The molecule has 2 unspecified atom stereocenters. The predicted octanol–water partition coefficient (Wildman–Crippen LogP) is 3.72. The van der Waals surface area contributed by atoms with Crippen LogP contribution in [0, 0.1) is 5.92 Å². The van der Waals surface area contributed by atoms with Gasteiger partial charge in [0.1, 0.15) is 0 Å². The van der Waals surface area contributed by atoms with Gasteiger partial charge in [0.25, 0.3) is 0 Å². The maximum atomic E-state index is 4.57. The average molecular weight is 189 g/mol. The molecule has 0 aromatic carbocycles. The van der Waals surface area contributed by atoms with Crippen molar-refractivity contribution in [2.45, 2.75) is 45.4 Å². The topological polar surface area (TPSA) is 12.9 Å². The third-order valence-corrected chi connectivity index (χ3v) is 3.47. The third kappa shape index (κ3) is 1.56. The zero-order valence-corrected chi connectivity index (χ0v) is 9.33. The van der Waals surface area contributed by atoms with E-state index in [1.54, 1.807) is 0 Å². The fourth-order valence-electron chi connectivity index (χ4n) is 2.53. The van der Waals surface area contributed by atoms with Gasteiger partial charge in [-0.3, -0.25) is 4.98 Å². The van der Waals surface area contributed by atoms with Crippen LogP contribution in [-0.4, -0.2) is 4.98 Å². The van der Waals surface area contributed by atoms with Crippen molar-refractivity contribution in [3.63, 3.8) is 0 Å². The van der Waals surface area contributed by atoms with Crippen molar-refractivity contribution in [2.24, 2.45) is 5.92 Å². The van der Waals surface area contributed by atoms with Gasteiger partial charge in [-0.15, -0.1) is 0 Å². The Hall–Kier alpha value is -0.850. The molecule has 1 nitrogen and oxygen atoms in total. The molecule has 76 valence electrons. The standard InChI is InChI=1S/C13H19N/c1-9(2)11-7-6-10(3)12-5-4-8-14-13(11)12/h4-5,8-11H,6-7H2,1-3H3. The summed E-state index contributed by atoms with van der Waals surface area (Å²) in [4.78, 5) is 4.57. The Kier molecular flexibility index (Phi) is 2.58. The van der Waals surface area contributed by atoms with E-state index >= 15 is 0 Å². The van der Waals surface area contributed by atoms with E-state index in [4.69, 9.17) is 0 Å². The summed E-state index contributed by atoms with van der Waals surface area (Å²) in [6.45, 7) is 6.93. The van der Waals surface area contributed by atoms with Crippen LogP contribution in [0.3, 0.4) is 0 Å². The summed E-state index contributed by atoms with van der Waals surface area (Å²) in [5, 5.41) is 0. The minimum absolute atomic E-state index is 0.683. The number of hydrogen-bond acceptors (Lipinski definition) is 1. The maximum Gasteiger partial charge on any atom is 0.0471 e. The largest absolute Gasteiger partial charge is 0.261 e. The summed E-state index contributed by atoms with van der Waals surface area (Å²) in [5.41, 5.74) is 2.85. The highest BCUT2D eigenvalue weighted by Crippen LogP contribution is 2.40. The lowest BCUT2D eigenvalue weighted by atomic mass is 9.76. The van der Waals surface area contributed by atoms with Crippen LogP contribution in [-0.2, 0) is 0 Å². The number of aromatic nitrogens is 1. The molecule has 0 aliphatic heterocycles. The Morgan fingerprint density at radius 3 is 2.86 bits per heavy atom. The number of rotatable bonds is 1. The molecule has 1 aromatic rings. The van der Waals surface area contributed by atoms with Gasteiger partial charge < -0.3 is 0 Å². The normalized spacial score (nSPS) is 26.3. The number of nitrogens with zero attached hydrogens (tertiary/aromatic N) is 1. The molecule has 0 saturated carbocycles. The molecule has 1 aromatic heterocycles. The summed E-state index contributed by atoms with van der Waals surface area (Å²) < 4.78 is 0. The van der Waals surface area contributed by atoms with Gasteiger partial charge in [-0.2, -0.15) is 0 Å². The van der Waals surface area contributed by atoms with Gasteiger partial charge in [-0.25, -0.2) is 0 Å². The lowest BCUT2D eigenvalue weighted by Gasteiger charge is -2.30. The van der Waals surface area contributed by atoms with Gasteiger partial charge in [0.15, 0.2) is 0 Å². The first-order chi connectivity index (χ1) is 6.70. The minimum atomic E-state index is 0.683. The lowest BCUT2D eigenvalue weighted by molar-refractivity contribution is 0.400. The third-order valence-electron chi connectivity index (χ3n) is 3.47. The van der Waals surface area contributed by atoms with Gasteiger partial charge in [0, 0.05) is 17.8 Å². The van der Waals surface area contributed by atoms with Crippen LogP contribution in [0.5, 0.6) is 0 Å². The first-order valence-corrected chi connectivity index (χ1v) is 5.65. The molecular formula is C13H19N. The van der Waals surface area contributed by atoms with E-state index in [1.807, 2.05) is 6.20 Å². The number of pyridine rings is 1. The van der Waals surface area contributed by atoms with Crippen molar-refractivity contribution in [1.29, 1.82) is 0 Å². The molecule has 0 radical (unpaired) electrons. The first-order valence-electron chi connectivity index (χ1n) is 5.65. The van der Waals surface area contributed by atoms with Crippen LogP contribution < -0.4 is 0 Å². The summed E-state index contributed by atoms with van der Waals surface area (Å²) in [6.07, 6.45) is 4.57. The summed E-state index contributed by atoms with van der Waals surface area (Å²) in [6, 6.07) is 4.32. The molecule has 0 bridgehead atoms. The van der Waals surface area contributed by atoms with Crippen molar-refractivity contribution >= 4 is 0 Å². The van der Waals surface area contributed by atoms with Gasteiger partial charge in [0.2, 0.25) is 0 Å².